The number of hydrogen-bond donors (Lipinski definition) is 2. The molecular formula is C11H14F3N3O. The first kappa shape index (κ1) is 12.9. The van der Waals surface area contributed by atoms with Gasteiger partial charge in [-0.1, -0.05) is 0 Å². The first-order valence-corrected chi connectivity index (χ1v) is 5.64. The minimum atomic E-state index is -4.43. The van der Waals surface area contributed by atoms with Gasteiger partial charge in [-0.25, -0.2) is 4.98 Å². The minimum absolute atomic E-state index is 0.147. The molecule has 0 spiro atoms. The molecule has 1 fully saturated rings. The molecule has 0 bridgehead atoms. The molecule has 0 unspecified atom stereocenters. The van der Waals surface area contributed by atoms with E-state index in [4.69, 9.17) is 5.73 Å². The summed E-state index contributed by atoms with van der Waals surface area (Å²) in [4.78, 5) is 5.62. The number of rotatable bonds is 1. The number of nitrogens with two attached hydrogens (primary N) is 1. The number of halogens is 3. The van der Waals surface area contributed by atoms with E-state index in [-0.39, 0.29) is 17.7 Å². The highest BCUT2D eigenvalue weighted by atomic mass is 19.4. The van der Waals surface area contributed by atoms with Crippen LogP contribution in [0.25, 0.3) is 0 Å². The summed E-state index contributed by atoms with van der Waals surface area (Å²) < 4.78 is 37.9. The van der Waals surface area contributed by atoms with E-state index in [0.29, 0.717) is 25.9 Å². The second-order valence-electron chi connectivity index (χ2n) is 4.35. The number of nitrogen functional groups attached to an aromatic ring is 1. The number of alkyl halides is 3. The molecule has 100 valence electrons. The average molecular weight is 261 g/mol. The molecule has 0 amide bonds. The zero-order valence-electron chi connectivity index (χ0n) is 9.61. The van der Waals surface area contributed by atoms with Crippen LogP contribution in [0.15, 0.2) is 12.1 Å². The van der Waals surface area contributed by atoms with Crippen LogP contribution >= 0.6 is 0 Å². The number of nitrogens with zero attached hydrogens (tertiary/aromatic N) is 2. The fourth-order valence-corrected chi connectivity index (χ4v) is 1.96. The van der Waals surface area contributed by atoms with Crippen LogP contribution in [-0.4, -0.2) is 29.3 Å². The lowest BCUT2D eigenvalue weighted by Crippen LogP contribution is -2.36. The van der Waals surface area contributed by atoms with Crippen molar-refractivity contribution in [3.63, 3.8) is 0 Å². The van der Waals surface area contributed by atoms with Gasteiger partial charge in [-0.15, -0.1) is 0 Å². The summed E-state index contributed by atoms with van der Waals surface area (Å²) in [5.74, 6) is 0.0696. The van der Waals surface area contributed by atoms with Crippen LogP contribution in [-0.2, 0) is 6.18 Å². The van der Waals surface area contributed by atoms with Crippen LogP contribution in [0.4, 0.5) is 24.8 Å². The lowest BCUT2D eigenvalue weighted by molar-refractivity contribution is -0.137. The summed E-state index contributed by atoms with van der Waals surface area (Å²) in [6.45, 7) is 0.962. The monoisotopic (exact) mass is 261 g/mol. The number of hydrogen-bond acceptors (Lipinski definition) is 4. The van der Waals surface area contributed by atoms with Crippen molar-refractivity contribution >= 4 is 11.6 Å². The largest absolute Gasteiger partial charge is 0.416 e. The Hall–Kier alpha value is -1.50. The van der Waals surface area contributed by atoms with Gasteiger partial charge in [-0.05, 0) is 25.0 Å². The van der Waals surface area contributed by atoms with Gasteiger partial charge in [0.15, 0.2) is 0 Å². The van der Waals surface area contributed by atoms with Crippen LogP contribution in [0.1, 0.15) is 18.4 Å². The Bertz CT molecular complexity index is 428. The third-order valence-electron chi connectivity index (χ3n) is 2.95. The van der Waals surface area contributed by atoms with Gasteiger partial charge in [0.1, 0.15) is 11.6 Å². The lowest BCUT2D eigenvalue weighted by atomic mass is 10.1. The maximum atomic E-state index is 12.6. The fourth-order valence-electron chi connectivity index (χ4n) is 1.96. The van der Waals surface area contributed by atoms with E-state index in [2.05, 4.69) is 4.98 Å². The topological polar surface area (TPSA) is 62.4 Å². The summed E-state index contributed by atoms with van der Waals surface area (Å²) in [5.41, 5.74) is 4.61. The Kier molecular flexibility index (Phi) is 3.34. The van der Waals surface area contributed by atoms with Gasteiger partial charge < -0.3 is 15.7 Å². The number of pyridine rings is 1. The Morgan fingerprint density at radius 1 is 1.28 bits per heavy atom. The molecule has 3 N–H and O–H groups in total. The average Bonchev–Trinajstić information content (AvgIpc) is 2.28. The highest BCUT2D eigenvalue weighted by Gasteiger charge is 2.32. The second-order valence-corrected chi connectivity index (χ2v) is 4.35. The number of aliphatic hydroxyl groups excluding tert-OH is 1. The zero-order valence-corrected chi connectivity index (χ0v) is 9.61. The minimum Gasteiger partial charge on any atom is -0.393 e. The van der Waals surface area contributed by atoms with E-state index in [9.17, 15) is 18.3 Å². The van der Waals surface area contributed by atoms with Gasteiger partial charge in [0.05, 0.1) is 11.7 Å². The predicted molar refractivity (Wildman–Crippen MR) is 61.1 cm³/mol. The van der Waals surface area contributed by atoms with Gasteiger partial charge in [0.2, 0.25) is 0 Å². The van der Waals surface area contributed by atoms with Crippen LogP contribution in [0.3, 0.4) is 0 Å². The predicted octanol–water partition coefficient (Wildman–Crippen LogP) is 1.64. The molecule has 2 rings (SSSR count). The highest BCUT2D eigenvalue weighted by Crippen LogP contribution is 2.32. The van der Waals surface area contributed by atoms with Crippen molar-refractivity contribution in [2.24, 2.45) is 0 Å². The SMILES string of the molecule is Nc1cc(C(F)(F)F)cc(N2CCC(O)CC2)n1. The Labute approximate surface area is 102 Å². The molecule has 18 heavy (non-hydrogen) atoms. The molecule has 1 aromatic heterocycles. The molecule has 2 heterocycles. The van der Waals surface area contributed by atoms with Gasteiger partial charge in [0.25, 0.3) is 0 Å². The summed E-state index contributed by atoms with van der Waals surface area (Å²) >= 11 is 0. The van der Waals surface area contributed by atoms with Crippen molar-refractivity contribution in [3.8, 4) is 0 Å². The van der Waals surface area contributed by atoms with E-state index in [1.807, 2.05) is 0 Å². The second kappa shape index (κ2) is 4.64. The van der Waals surface area contributed by atoms with Crippen LogP contribution < -0.4 is 10.6 Å². The van der Waals surface area contributed by atoms with Crippen molar-refractivity contribution in [2.45, 2.75) is 25.1 Å². The molecule has 4 nitrogen and oxygen atoms in total. The molecule has 0 saturated carbocycles. The fraction of sp³-hybridized carbons (Fsp3) is 0.545. The van der Waals surface area contributed by atoms with E-state index in [1.165, 1.54) is 0 Å². The molecule has 1 aromatic rings. The summed E-state index contributed by atoms with van der Waals surface area (Å²) in [6, 6.07) is 1.82. The molecular weight excluding hydrogens is 247 g/mol. The van der Waals surface area contributed by atoms with E-state index in [0.717, 1.165) is 12.1 Å². The van der Waals surface area contributed by atoms with Crippen molar-refractivity contribution in [2.75, 3.05) is 23.7 Å². The first-order valence-electron chi connectivity index (χ1n) is 5.64. The quantitative estimate of drug-likeness (QED) is 0.806. The summed E-state index contributed by atoms with van der Waals surface area (Å²) in [7, 11) is 0. The first-order chi connectivity index (χ1) is 8.36. The molecule has 0 aromatic carbocycles. The molecule has 1 aliphatic heterocycles. The Morgan fingerprint density at radius 2 is 1.89 bits per heavy atom. The molecule has 1 aliphatic rings. The van der Waals surface area contributed by atoms with Crippen molar-refractivity contribution < 1.29 is 18.3 Å². The highest BCUT2D eigenvalue weighted by molar-refractivity contribution is 5.49. The number of piperidine rings is 1. The Balaban J connectivity index is 2.25. The smallest absolute Gasteiger partial charge is 0.393 e. The lowest BCUT2D eigenvalue weighted by Gasteiger charge is -2.31. The molecule has 0 atom stereocenters. The zero-order chi connectivity index (χ0) is 13.3. The molecule has 1 saturated heterocycles. The Morgan fingerprint density at radius 3 is 2.44 bits per heavy atom. The molecule has 7 heteroatoms. The molecule has 0 radical (unpaired) electrons. The van der Waals surface area contributed by atoms with E-state index < -0.39 is 11.7 Å². The van der Waals surface area contributed by atoms with E-state index in [1.54, 1.807) is 4.90 Å². The van der Waals surface area contributed by atoms with Crippen molar-refractivity contribution in [1.29, 1.82) is 0 Å². The van der Waals surface area contributed by atoms with Gasteiger partial charge >= 0.3 is 6.18 Å². The van der Waals surface area contributed by atoms with Crippen LogP contribution in [0.5, 0.6) is 0 Å². The van der Waals surface area contributed by atoms with Crippen molar-refractivity contribution in [3.05, 3.63) is 17.7 Å². The van der Waals surface area contributed by atoms with Gasteiger partial charge in [0, 0.05) is 13.1 Å². The number of aromatic nitrogens is 1. The normalized spacial score (nSPS) is 18.1. The molecule has 0 aliphatic carbocycles. The third kappa shape index (κ3) is 2.84. The van der Waals surface area contributed by atoms with Gasteiger partial charge in [-0.3, -0.25) is 0 Å². The third-order valence-corrected chi connectivity index (χ3v) is 2.95. The summed E-state index contributed by atoms with van der Waals surface area (Å²) in [5, 5.41) is 9.36. The standard InChI is InChI=1S/C11H14F3N3O/c12-11(13,14)7-5-9(15)16-10(6-7)17-3-1-8(18)2-4-17/h5-6,8,18H,1-4H2,(H2,15,16). The maximum absolute atomic E-state index is 12.6. The van der Waals surface area contributed by atoms with Crippen molar-refractivity contribution in [1.82, 2.24) is 4.98 Å². The summed E-state index contributed by atoms with van der Waals surface area (Å²) in [6.07, 6.45) is -3.76. The number of aliphatic hydroxyl groups is 1. The maximum Gasteiger partial charge on any atom is 0.416 e. The van der Waals surface area contributed by atoms with Gasteiger partial charge in [-0.2, -0.15) is 13.2 Å². The van der Waals surface area contributed by atoms with Crippen LogP contribution in [0, 0.1) is 0 Å². The van der Waals surface area contributed by atoms with E-state index >= 15 is 0 Å². The van der Waals surface area contributed by atoms with Crippen LogP contribution in [0.2, 0.25) is 0 Å². The number of anilines is 2.